The zero-order valence-corrected chi connectivity index (χ0v) is 14.1. The van der Waals surface area contributed by atoms with Crippen molar-refractivity contribution in [3.05, 3.63) is 35.9 Å². The van der Waals surface area contributed by atoms with E-state index in [9.17, 15) is 4.79 Å². The summed E-state index contributed by atoms with van der Waals surface area (Å²) in [6.45, 7) is 6.22. The molecular weight excluding hydrogens is 272 g/mol. The maximum atomic E-state index is 12.4. The van der Waals surface area contributed by atoms with Crippen LogP contribution in [0.2, 0.25) is 0 Å². The molecule has 0 aliphatic heterocycles. The van der Waals surface area contributed by atoms with E-state index in [0.717, 1.165) is 11.5 Å². The minimum atomic E-state index is -0.150. The fourth-order valence-corrected chi connectivity index (χ4v) is 3.40. The monoisotopic (exact) mass is 302 g/mol. The highest BCUT2D eigenvalue weighted by Crippen LogP contribution is 2.26. The number of hydrogen-bond donors (Lipinski definition) is 2. The number of nitrogens with one attached hydrogen (secondary N) is 2. The highest BCUT2D eigenvalue weighted by atomic mass is 16.2. The molecule has 0 aromatic heterocycles. The zero-order valence-electron chi connectivity index (χ0n) is 14.1. The molecule has 0 heterocycles. The summed E-state index contributed by atoms with van der Waals surface area (Å²) in [6.07, 6.45) is 6.63. The smallest absolute Gasteiger partial charge is 0.237 e. The molecule has 1 fully saturated rings. The van der Waals surface area contributed by atoms with Crippen molar-refractivity contribution >= 4 is 5.91 Å². The van der Waals surface area contributed by atoms with Gasteiger partial charge in [0.1, 0.15) is 0 Å². The van der Waals surface area contributed by atoms with Crippen molar-refractivity contribution in [1.82, 2.24) is 10.6 Å². The van der Waals surface area contributed by atoms with Crippen molar-refractivity contribution in [1.29, 1.82) is 0 Å². The molecule has 0 bridgehead atoms. The lowest BCUT2D eigenvalue weighted by Crippen LogP contribution is -2.48. The molecule has 2 rings (SSSR count). The Morgan fingerprint density at radius 3 is 2.32 bits per heavy atom. The maximum Gasteiger partial charge on any atom is 0.237 e. The Labute approximate surface area is 134 Å². The quantitative estimate of drug-likeness (QED) is 0.839. The lowest BCUT2D eigenvalue weighted by Gasteiger charge is -2.30. The Hall–Kier alpha value is -1.35. The van der Waals surface area contributed by atoms with Crippen LogP contribution in [0.1, 0.15) is 64.5 Å². The largest absolute Gasteiger partial charge is 0.348 e. The minimum absolute atomic E-state index is 0.0444. The SMILES string of the molecule is C[C@H](N[C@@H](C)C1CCCCC1)C(=O)N[C@@H](C)c1ccccc1. The average Bonchev–Trinajstić information content (AvgIpc) is 2.56. The van der Waals surface area contributed by atoms with E-state index in [1.807, 2.05) is 44.2 Å². The molecule has 1 aromatic rings. The van der Waals surface area contributed by atoms with Crippen LogP contribution in [0.3, 0.4) is 0 Å². The van der Waals surface area contributed by atoms with Gasteiger partial charge in [-0.3, -0.25) is 4.79 Å². The van der Waals surface area contributed by atoms with E-state index in [2.05, 4.69) is 17.6 Å². The Kier molecular flexibility index (Phi) is 6.44. The molecule has 22 heavy (non-hydrogen) atoms. The van der Waals surface area contributed by atoms with Gasteiger partial charge in [-0.15, -0.1) is 0 Å². The second-order valence-electron chi connectivity index (χ2n) is 6.72. The van der Waals surface area contributed by atoms with Crippen LogP contribution in [0.5, 0.6) is 0 Å². The molecule has 0 radical (unpaired) electrons. The van der Waals surface area contributed by atoms with Crippen molar-refractivity contribution in [2.75, 3.05) is 0 Å². The number of benzene rings is 1. The van der Waals surface area contributed by atoms with Crippen LogP contribution in [-0.4, -0.2) is 18.0 Å². The van der Waals surface area contributed by atoms with Crippen LogP contribution in [0, 0.1) is 5.92 Å². The minimum Gasteiger partial charge on any atom is -0.348 e. The topological polar surface area (TPSA) is 41.1 Å². The number of carbonyl (C=O) groups excluding carboxylic acids is 1. The second-order valence-corrected chi connectivity index (χ2v) is 6.72. The average molecular weight is 302 g/mol. The summed E-state index contributed by atoms with van der Waals surface area (Å²) in [4.78, 5) is 12.4. The third-order valence-electron chi connectivity index (χ3n) is 4.92. The Morgan fingerprint density at radius 1 is 1.05 bits per heavy atom. The highest BCUT2D eigenvalue weighted by molar-refractivity contribution is 5.81. The maximum absolute atomic E-state index is 12.4. The van der Waals surface area contributed by atoms with Gasteiger partial charge >= 0.3 is 0 Å². The first-order valence-corrected chi connectivity index (χ1v) is 8.69. The number of rotatable bonds is 6. The van der Waals surface area contributed by atoms with Gasteiger partial charge in [-0.2, -0.15) is 0 Å². The summed E-state index contributed by atoms with van der Waals surface area (Å²) >= 11 is 0. The molecular formula is C19H30N2O. The van der Waals surface area contributed by atoms with Gasteiger partial charge in [0, 0.05) is 6.04 Å². The summed E-state index contributed by atoms with van der Waals surface area (Å²) in [5, 5.41) is 6.60. The van der Waals surface area contributed by atoms with E-state index in [0.29, 0.717) is 6.04 Å². The van der Waals surface area contributed by atoms with Crippen LogP contribution in [0.25, 0.3) is 0 Å². The predicted octanol–water partition coefficient (Wildman–Crippen LogP) is 3.81. The van der Waals surface area contributed by atoms with E-state index >= 15 is 0 Å². The number of carbonyl (C=O) groups is 1. The van der Waals surface area contributed by atoms with Gasteiger partial charge in [0.2, 0.25) is 5.91 Å². The molecule has 2 N–H and O–H groups in total. The van der Waals surface area contributed by atoms with E-state index in [4.69, 9.17) is 0 Å². The zero-order chi connectivity index (χ0) is 15.9. The van der Waals surface area contributed by atoms with Gasteiger partial charge in [0.15, 0.2) is 0 Å². The molecule has 1 aromatic carbocycles. The van der Waals surface area contributed by atoms with E-state index in [1.165, 1.54) is 32.1 Å². The molecule has 0 saturated heterocycles. The van der Waals surface area contributed by atoms with E-state index in [1.54, 1.807) is 0 Å². The van der Waals surface area contributed by atoms with Gasteiger partial charge in [-0.1, -0.05) is 49.6 Å². The molecule has 122 valence electrons. The summed E-state index contributed by atoms with van der Waals surface area (Å²) < 4.78 is 0. The fourth-order valence-electron chi connectivity index (χ4n) is 3.40. The normalized spacial score (nSPS) is 20.1. The molecule has 1 saturated carbocycles. The number of hydrogen-bond acceptors (Lipinski definition) is 2. The van der Waals surface area contributed by atoms with Crippen LogP contribution in [0.15, 0.2) is 30.3 Å². The van der Waals surface area contributed by atoms with Crippen molar-refractivity contribution in [2.45, 2.75) is 71.0 Å². The molecule has 0 unspecified atom stereocenters. The molecule has 1 aliphatic carbocycles. The van der Waals surface area contributed by atoms with Gasteiger partial charge in [-0.05, 0) is 45.1 Å². The van der Waals surface area contributed by atoms with Crippen molar-refractivity contribution in [3.8, 4) is 0 Å². The van der Waals surface area contributed by atoms with Crippen LogP contribution in [-0.2, 0) is 4.79 Å². The van der Waals surface area contributed by atoms with Crippen molar-refractivity contribution in [2.24, 2.45) is 5.92 Å². The molecule has 3 heteroatoms. The predicted molar refractivity (Wildman–Crippen MR) is 91.6 cm³/mol. The fraction of sp³-hybridized carbons (Fsp3) is 0.632. The molecule has 3 atom stereocenters. The lowest BCUT2D eigenvalue weighted by molar-refractivity contribution is -0.123. The highest BCUT2D eigenvalue weighted by Gasteiger charge is 2.24. The van der Waals surface area contributed by atoms with Crippen LogP contribution < -0.4 is 10.6 Å². The molecule has 1 aliphatic rings. The second kappa shape index (κ2) is 8.33. The standard InChI is InChI=1S/C19H30N2O/c1-14(17-10-6-4-7-11-17)20-16(3)19(22)21-15(2)18-12-8-5-9-13-18/h5,8-9,12-17,20H,4,6-7,10-11H2,1-3H3,(H,21,22)/t14-,15-,16-/m0/s1. The van der Waals surface area contributed by atoms with Crippen LogP contribution >= 0.6 is 0 Å². The van der Waals surface area contributed by atoms with Crippen molar-refractivity contribution < 1.29 is 4.79 Å². The first kappa shape index (κ1) is 17.0. The van der Waals surface area contributed by atoms with Gasteiger partial charge < -0.3 is 10.6 Å². The van der Waals surface area contributed by atoms with Crippen molar-refractivity contribution in [3.63, 3.8) is 0 Å². The third kappa shape index (κ3) is 4.84. The molecule has 3 nitrogen and oxygen atoms in total. The van der Waals surface area contributed by atoms with Crippen LogP contribution in [0.4, 0.5) is 0 Å². The van der Waals surface area contributed by atoms with E-state index in [-0.39, 0.29) is 18.0 Å². The molecule has 1 amide bonds. The Balaban J connectivity index is 1.81. The Bertz CT molecular complexity index is 454. The summed E-state index contributed by atoms with van der Waals surface area (Å²) in [5.74, 6) is 0.801. The summed E-state index contributed by atoms with van der Waals surface area (Å²) in [5.41, 5.74) is 1.14. The number of amides is 1. The van der Waals surface area contributed by atoms with Gasteiger partial charge in [0.25, 0.3) is 0 Å². The Morgan fingerprint density at radius 2 is 1.68 bits per heavy atom. The van der Waals surface area contributed by atoms with E-state index < -0.39 is 0 Å². The summed E-state index contributed by atoms with van der Waals surface area (Å²) in [7, 11) is 0. The van der Waals surface area contributed by atoms with Gasteiger partial charge in [0.05, 0.1) is 12.1 Å². The molecule has 0 spiro atoms. The first-order chi connectivity index (χ1) is 10.6. The van der Waals surface area contributed by atoms with Gasteiger partial charge in [-0.25, -0.2) is 0 Å². The lowest BCUT2D eigenvalue weighted by atomic mass is 9.84. The first-order valence-electron chi connectivity index (χ1n) is 8.69. The summed E-state index contributed by atoms with van der Waals surface area (Å²) in [6, 6.07) is 10.4. The third-order valence-corrected chi connectivity index (χ3v) is 4.92.